The molecule has 1 unspecified atom stereocenters. The van der Waals surface area contributed by atoms with Crippen molar-refractivity contribution in [3.05, 3.63) is 70.4 Å². The Kier molecular flexibility index (Phi) is 5.91. The summed E-state index contributed by atoms with van der Waals surface area (Å²) in [5.74, 6) is -0.104. The van der Waals surface area contributed by atoms with Crippen LogP contribution in [-0.4, -0.2) is 57.7 Å². The van der Waals surface area contributed by atoms with Gasteiger partial charge in [0.05, 0.1) is 5.52 Å². The van der Waals surface area contributed by atoms with E-state index in [1.165, 1.54) is 16.5 Å². The largest absolute Gasteiger partial charge is 0.489 e. The van der Waals surface area contributed by atoms with Crippen molar-refractivity contribution in [1.82, 2.24) is 20.1 Å². The number of hydrogen-bond donors (Lipinski definition) is 1. The minimum Gasteiger partial charge on any atom is -0.489 e. The summed E-state index contributed by atoms with van der Waals surface area (Å²) in [7, 11) is 0. The third-order valence-corrected chi connectivity index (χ3v) is 7.62. The molecule has 2 saturated heterocycles. The third-order valence-electron chi connectivity index (χ3n) is 7.62. The maximum atomic E-state index is 12.9. The predicted octanol–water partition coefficient (Wildman–Crippen LogP) is 3.27. The first kappa shape index (κ1) is 23.6. The maximum absolute atomic E-state index is 12.9. The van der Waals surface area contributed by atoms with E-state index in [0.29, 0.717) is 18.5 Å². The molecule has 6 rings (SSSR count). The maximum Gasteiger partial charge on any atom is 0.255 e. The summed E-state index contributed by atoms with van der Waals surface area (Å²) < 4.78 is 6.32. The number of aromatic nitrogens is 1. The number of rotatable bonds is 5. The zero-order valence-electron chi connectivity index (χ0n) is 21.1. The Labute approximate surface area is 215 Å². The van der Waals surface area contributed by atoms with Crippen molar-refractivity contribution in [2.24, 2.45) is 0 Å². The molecule has 8 heteroatoms. The zero-order valence-corrected chi connectivity index (χ0v) is 21.1. The van der Waals surface area contributed by atoms with Crippen LogP contribution in [0.1, 0.15) is 52.0 Å². The van der Waals surface area contributed by atoms with Crippen molar-refractivity contribution in [3.63, 3.8) is 0 Å². The van der Waals surface area contributed by atoms with Gasteiger partial charge in [-0.05, 0) is 73.7 Å². The Balaban J connectivity index is 1.09. The van der Waals surface area contributed by atoms with Crippen molar-refractivity contribution in [3.8, 4) is 5.75 Å². The second kappa shape index (κ2) is 9.27. The summed E-state index contributed by atoms with van der Waals surface area (Å²) in [4.78, 5) is 45.4. The second-order valence-corrected chi connectivity index (χ2v) is 10.4. The first-order valence-electron chi connectivity index (χ1n) is 12.9. The normalized spacial score (nSPS) is 22.0. The highest BCUT2D eigenvalue weighted by Gasteiger charge is 2.39. The number of nitrogens with zero attached hydrogens (tertiary/aromatic N) is 3. The minimum absolute atomic E-state index is 0.0762. The number of carbonyl (C=O) groups is 3. The van der Waals surface area contributed by atoms with E-state index in [4.69, 9.17) is 4.74 Å². The van der Waals surface area contributed by atoms with Gasteiger partial charge in [-0.3, -0.25) is 29.6 Å². The molecule has 0 aliphatic carbocycles. The molecule has 0 radical (unpaired) electrons. The Morgan fingerprint density at radius 2 is 1.92 bits per heavy atom. The number of pyridine rings is 1. The average molecular weight is 499 g/mol. The van der Waals surface area contributed by atoms with Crippen molar-refractivity contribution in [2.45, 2.75) is 58.3 Å². The molecule has 1 aromatic heterocycles. The van der Waals surface area contributed by atoms with E-state index in [0.717, 1.165) is 48.6 Å². The van der Waals surface area contributed by atoms with E-state index >= 15 is 0 Å². The van der Waals surface area contributed by atoms with E-state index < -0.39 is 11.9 Å². The summed E-state index contributed by atoms with van der Waals surface area (Å²) >= 11 is 0. The van der Waals surface area contributed by atoms with E-state index in [2.05, 4.69) is 46.4 Å². The highest BCUT2D eigenvalue weighted by atomic mass is 16.5. The molecule has 2 atom stereocenters. The number of fused-ring (bicyclic) bond motifs is 2. The molecule has 37 heavy (non-hydrogen) atoms. The van der Waals surface area contributed by atoms with Crippen molar-refractivity contribution in [2.75, 3.05) is 13.1 Å². The smallest absolute Gasteiger partial charge is 0.255 e. The molecular weight excluding hydrogens is 468 g/mol. The number of benzene rings is 2. The van der Waals surface area contributed by atoms with Crippen LogP contribution in [0.25, 0.3) is 10.9 Å². The lowest BCUT2D eigenvalue weighted by atomic mass is 10.0. The highest BCUT2D eigenvalue weighted by molar-refractivity contribution is 6.05. The number of aryl methyl sites for hydroxylation is 2. The molecule has 190 valence electrons. The Bertz CT molecular complexity index is 1430. The standard InChI is InChI=1S/C29H30N4O4/c1-17-11-19(12-20-4-3-18(2)30-27(17)20)14-32-10-9-23(16-32)37-22-5-6-24-21(13-22)15-33(29(24)36)25-7-8-26(34)31-28(25)35/h3-6,11-13,23,25H,7-10,14-16H2,1-2H3,(H,31,34,35)/t23-,25?/m0/s1. The molecule has 2 aromatic carbocycles. The fourth-order valence-electron chi connectivity index (χ4n) is 5.79. The minimum atomic E-state index is -0.607. The number of likely N-dealkylation sites (tertiary alicyclic amines) is 1. The first-order chi connectivity index (χ1) is 17.8. The number of imide groups is 1. The number of nitrogens with one attached hydrogen (secondary N) is 1. The molecule has 0 bridgehead atoms. The number of amides is 3. The van der Waals surface area contributed by atoms with E-state index in [-0.39, 0.29) is 24.3 Å². The molecule has 3 aromatic rings. The molecule has 1 N–H and O–H groups in total. The fourth-order valence-corrected chi connectivity index (χ4v) is 5.79. The summed E-state index contributed by atoms with van der Waals surface area (Å²) in [6, 6.07) is 13.6. The van der Waals surface area contributed by atoms with Crippen LogP contribution in [0, 0.1) is 13.8 Å². The van der Waals surface area contributed by atoms with Gasteiger partial charge in [-0.2, -0.15) is 0 Å². The molecule has 4 heterocycles. The highest BCUT2D eigenvalue weighted by Crippen LogP contribution is 2.31. The summed E-state index contributed by atoms with van der Waals surface area (Å²) in [5.41, 5.74) is 6.03. The topological polar surface area (TPSA) is 91.8 Å². The monoisotopic (exact) mass is 498 g/mol. The SMILES string of the molecule is Cc1ccc2cc(CN3CC[C@H](Oc4ccc5c(c4)CN(C4CCC(=O)NC4=O)C5=O)C3)cc(C)c2n1. The van der Waals surface area contributed by atoms with Gasteiger partial charge in [0, 0.05) is 49.2 Å². The van der Waals surface area contributed by atoms with Crippen LogP contribution in [-0.2, 0) is 22.7 Å². The van der Waals surface area contributed by atoms with Crippen LogP contribution in [0.15, 0.2) is 42.5 Å². The molecule has 2 fully saturated rings. The van der Waals surface area contributed by atoms with E-state index in [1.807, 2.05) is 19.1 Å². The van der Waals surface area contributed by atoms with Crippen LogP contribution in [0.4, 0.5) is 0 Å². The van der Waals surface area contributed by atoms with Crippen molar-refractivity contribution < 1.29 is 19.1 Å². The van der Waals surface area contributed by atoms with Crippen LogP contribution in [0.2, 0.25) is 0 Å². The van der Waals surface area contributed by atoms with Crippen LogP contribution in [0.5, 0.6) is 5.75 Å². The fraction of sp³-hybridized carbons (Fsp3) is 0.379. The van der Waals surface area contributed by atoms with Gasteiger partial charge >= 0.3 is 0 Å². The van der Waals surface area contributed by atoms with Gasteiger partial charge < -0.3 is 9.64 Å². The van der Waals surface area contributed by atoms with Crippen molar-refractivity contribution in [1.29, 1.82) is 0 Å². The Morgan fingerprint density at radius 1 is 1.05 bits per heavy atom. The molecule has 8 nitrogen and oxygen atoms in total. The van der Waals surface area contributed by atoms with Gasteiger partial charge in [0.25, 0.3) is 5.91 Å². The van der Waals surface area contributed by atoms with E-state index in [9.17, 15) is 14.4 Å². The molecular formula is C29H30N4O4. The zero-order chi connectivity index (χ0) is 25.7. The first-order valence-corrected chi connectivity index (χ1v) is 12.9. The second-order valence-electron chi connectivity index (χ2n) is 10.4. The van der Waals surface area contributed by atoms with Crippen molar-refractivity contribution >= 4 is 28.6 Å². The lowest BCUT2D eigenvalue weighted by Gasteiger charge is -2.29. The third kappa shape index (κ3) is 4.57. The summed E-state index contributed by atoms with van der Waals surface area (Å²) in [6.07, 6.45) is 1.62. The molecule has 0 spiro atoms. The molecule has 0 saturated carbocycles. The van der Waals surface area contributed by atoms with Gasteiger partial charge in [-0.1, -0.05) is 12.1 Å². The quantitative estimate of drug-likeness (QED) is 0.543. The van der Waals surface area contributed by atoms with Gasteiger partial charge in [0.15, 0.2) is 0 Å². The van der Waals surface area contributed by atoms with E-state index in [1.54, 1.807) is 11.0 Å². The number of ether oxygens (including phenoxy) is 1. The number of carbonyl (C=O) groups excluding carboxylic acids is 3. The average Bonchev–Trinajstić information content (AvgIpc) is 3.43. The van der Waals surface area contributed by atoms with Gasteiger partial charge in [-0.15, -0.1) is 0 Å². The predicted molar refractivity (Wildman–Crippen MR) is 138 cm³/mol. The Morgan fingerprint density at radius 3 is 2.76 bits per heavy atom. The molecule has 3 amide bonds. The van der Waals surface area contributed by atoms with Crippen LogP contribution < -0.4 is 10.1 Å². The number of hydrogen-bond acceptors (Lipinski definition) is 6. The lowest BCUT2D eigenvalue weighted by molar-refractivity contribution is -0.136. The summed E-state index contributed by atoms with van der Waals surface area (Å²) in [5, 5.41) is 3.52. The van der Waals surface area contributed by atoms with Gasteiger partial charge in [-0.25, -0.2) is 0 Å². The summed E-state index contributed by atoms with van der Waals surface area (Å²) in [6.45, 7) is 7.15. The molecule has 3 aliphatic heterocycles. The van der Waals surface area contributed by atoms with Crippen LogP contribution in [0.3, 0.4) is 0 Å². The van der Waals surface area contributed by atoms with Gasteiger partial charge in [0.2, 0.25) is 11.8 Å². The lowest BCUT2D eigenvalue weighted by Crippen LogP contribution is -2.52. The van der Waals surface area contributed by atoms with Crippen LogP contribution >= 0.6 is 0 Å². The molecule has 3 aliphatic rings. The Hall–Kier alpha value is -3.78. The van der Waals surface area contributed by atoms with Gasteiger partial charge in [0.1, 0.15) is 17.9 Å². The number of piperidine rings is 1.